The van der Waals surface area contributed by atoms with Crippen molar-refractivity contribution < 1.29 is 23.4 Å². The number of esters is 1. The second kappa shape index (κ2) is 10.3. The highest BCUT2D eigenvalue weighted by atomic mass is 16.5. The van der Waals surface area contributed by atoms with E-state index in [1.807, 2.05) is 30.3 Å². The molecule has 0 atom stereocenters. The Bertz CT molecular complexity index is 735. The molecule has 1 aromatic heterocycles. The second-order valence-electron chi connectivity index (χ2n) is 6.18. The van der Waals surface area contributed by atoms with Crippen LogP contribution in [0.5, 0.6) is 11.5 Å². The second-order valence-corrected chi connectivity index (χ2v) is 6.18. The number of carbonyl (C=O) groups excluding carboxylic acids is 1. The monoisotopic (exact) mass is 360 g/mol. The summed E-state index contributed by atoms with van der Waals surface area (Å²) in [6.45, 7) is 4.72. The number of carbonyl (C=O) groups is 1. The van der Waals surface area contributed by atoms with Crippen LogP contribution in [0.4, 0.5) is 0 Å². The summed E-state index contributed by atoms with van der Waals surface area (Å²) in [6.07, 6.45) is 2.21. The molecule has 0 spiro atoms. The maximum atomic E-state index is 11.9. The van der Waals surface area contributed by atoms with E-state index < -0.39 is 5.97 Å². The first-order valence-electron chi connectivity index (χ1n) is 8.62. The minimum atomic E-state index is -0.430. The normalized spacial score (nSPS) is 10.6. The van der Waals surface area contributed by atoms with Crippen LogP contribution in [0.3, 0.4) is 0 Å². The number of rotatable bonds is 10. The third-order valence-corrected chi connectivity index (χ3v) is 3.50. The van der Waals surface area contributed by atoms with Gasteiger partial charge in [-0.2, -0.15) is 0 Å². The highest BCUT2D eigenvalue weighted by Crippen LogP contribution is 2.10. The summed E-state index contributed by atoms with van der Waals surface area (Å²) in [7, 11) is 0. The van der Waals surface area contributed by atoms with Crippen LogP contribution in [0.2, 0.25) is 0 Å². The van der Waals surface area contributed by atoms with E-state index in [9.17, 15) is 9.59 Å². The van der Waals surface area contributed by atoms with E-state index in [4.69, 9.17) is 18.6 Å². The van der Waals surface area contributed by atoms with Gasteiger partial charge in [0.2, 0.25) is 11.2 Å². The van der Waals surface area contributed by atoms with Crippen molar-refractivity contribution in [2.45, 2.75) is 33.3 Å². The van der Waals surface area contributed by atoms with E-state index in [2.05, 4.69) is 13.8 Å². The Morgan fingerprint density at radius 3 is 2.58 bits per heavy atom. The van der Waals surface area contributed by atoms with Crippen LogP contribution in [0.15, 0.2) is 51.9 Å². The maximum absolute atomic E-state index is 11.9. The molecule has 0 bridgehead atoms. The molecule has 26 heavy (non-hydrogen) atoms. The summed E-state index contributed by atoms with van der Waals surface area (Å²) in [5.41, 5.74) is -0.293. The van der Waals surface area contributed by atoms with Crippen LogP contribution in [0.25, 0.3) is 0 Å². The van der Waals surface area contributed by atoms with Crippen LogP contribution in [-0.4, -0.2) is 19.2 Å². The first-order valence-corrected chi connectivity index (χ1v) is 8.62. The van der Waals surface area contributed by atoms with E-state index in [0.29, 0.717) is 18.3 Å². The van der Waals surface area contributed by atoms with Gasteiger partial charge in [0.1, 0.15) is 24.4 Å². The lowest BCUT2D eigenvalue weighted by Crippen LogP contribution is -2.12. The molecule has 0 N–H and O–H groups in total. The Hall–Kier alpha value is -2.76. The molecule has 0 aliphatic heterocycles. The quantitative estimate of drug-likeness (QED) is 0.603. The molecule has 0 saturated carbocycles. The van der Waals surface area contributed by atoms with E-state index in [1.54, 1.807) is 0 Å². The summed E-state index contributed by atoms with van der Waals surface area (Å²) in [6, 6.07) is 10.5. The maximum Gasteiger partial charge on any atom is 0.309 e. The number of para-hydroxylation sites is 1. The van der Waals surface area contributed by atoms with Crippen molar-refractivity contribution in [1.29, 1.82) is 0 Å². The van der Waals surface area contributed by atoms with E-state index in [-0.39, 0.29) is 36.6 Å². The van der Waals surface area contributed by atoms with Gasteiger partial charge in [0.05, 0.1) is 19.6 Å². The molecule has 1 heterocycles. The van der Waals surface area contributed by atoms with Crippen LogP contribution in [-0.2, 0) is 16.1 Å². The van der Waals surface area contributed by atoms with E-state index in [0.717, 1.165) is 6.42 Å². The van der Waals surface area contributed by atoms with Crippen LogP contribution < -0.4 is 14.9 Å². The zero-order chi connectivity index (χ0) is 18.8. The average molecular weight is 360 g/mol. The van der Waals surface area contributed by atoms with Gasteiger partial charge in [-0.25, -0.2) is 0 Å². The van der Waals surface area contributed by atoms with Gasteiger partial charge >= 0.3 is 5.97 Å². The third-order valence-electron chi connectivity index (χ3n) is 3.50. The SMILES string of the molecule is CC(C)CCOc1coc(COC(=O)CCOc2ccccc2)cc1=O. The van der Waals surface area contributed by atoms with Gasteiger partial charge < -0.3 is 18.6 Å². The zero-order valence-corrected chi connectivity index (χ0v) is 15.1. The summed E-state index contributed by atoms with van der Waals surface area (Å²) in [5, 5.41) is 0. The topological polar surface area (TPSA) is 75.0 Å². The number of ether oxygens (including phenoxy) is 3. The summed E-state index contributed by atoms with van der Waals surface area (Å²) < 4.78 is 21.2. The molecule has 0 fully saturated rings. The minimum Gasteiger partial charge on any atom is -0.493 e. The molecule has 140 valence electrons. The predicted octanol–water partition coefficient (Wildman–Crippen LogP) is 3.58. The van der Waals surface area contributed by atoms with Crippen molar-refractivity contribution in [2.24, 2.45) is 5.92 Å². The van der Waals surface area contributed by atoms with Crippen molar-refractivity contribution in [3.05, 3.63) is 58.6 Å². The molecule has 0 unspecified atom stereocenters. The van der Waals surface area contributed by atoms with Gasteiger partial charge in [0.25, 0.3) is 0 Å². The van der Waals surface area contributed by atoms with Crippen LogP contribution >= 0.6 is 0 Å². The highest BCUT2D eigenvalue weighted by Gasteiger charge is 2.09. The van der Waals surface area contributed by atoms with Crippen molar-refractivity contribution in [2.75, 3.05) is 13.2 Å². The van der Waals surface area contributed by atoms with Crippen LogP contribution in [0, 0.1) is 5.92 Å². The first-order chi connectivity index (χ1) is 12.5. The Kier molecular flexibility index (Phi) is 7.74. The lowest BCUT2D eigenvalue weighted by molar-refractivity contribution is -0.146. The molecule has 0 aliphatic carbocycles. The van der Waals surface area contributed by atoms with E-state index >= 15 is 0 Å². The molecule has 1 aromatic carbocycles. The van der Waals surface area contributed by atoms with Crippen molar-refractivity contribution in [3.63, 3.8) is 0 Å². The zero-order valence-electron chi connectivity index (χ0n) is 15.1. The largest absolute Gasteiger partial charge is 0.493 e. The van der Waals surface area contributed by atoms with Gasteiger partial charge in [-0.15, -0.1) is 0 Å². The standard InChI is InChI=1S/C20H24O6/c1-15(2)8-10-24-19-14-25-17(12-18(19)21)13-26-20(22)9-11-23-16-6-4-3-5-7-16/h3-7,12,14-15H,8-11,13H2,1-2H3. The lowest BCUT2D eigenvalue weighted by atomic mass is 10.1. The molecule has 6 heteroatoms. The van der Waals surface area contributed by atoms with Gasteiger partial charge in [-0.05, 0) is 24.5 Å². The number of hydrogen-bond acceptors (Lipinski definition) is 6. The Balaban J connectivity index is 1.72. The summed E-state index contributed by atoms with van der Waals surface area (Å²) in [5.74, 6) is 1.19. The molecule has 0 saturated heterocycles. The van der Waals surface area contributed by atoms with Gasteiger partial charge in [-0.3, -0.25) is 9.59 Å². The molecule has 6 nitrogen and oxygen atoms in total. The summed E-state index contributed by atoms with van der Waals surface area (Å²) >= 11 is 0. The van der Waals surface area contributed by atoms with Gasteiger partial charge in [0, 0.05) is 6.07 Å². The van der Waals surface area contributed by atoms with Crippen molar-refractivity contribution >= 4 is 5.97 Å². The fraction of sp³-hybridized carbons (Fsp3) is 0.400. The molecule has 2 rings (SSSR count). The first kappa shape index (κ1) is 19.6. The Morgan fingerprint density at radius 2 is 1.88 bits per heavy atom. The molecule has 2 aromatic rings. The van der Waals surface area contributed by atoms with Crippen molar-refractivity contribution in [1.82, 2.24) is 0 Å². The number of benzene rings is 1. The summed E-state index contributed by atoms with van der Waals surface area (Å²) in [4.78, 5) is 23.7. The minimum absolute atomic E-state index is 0.105. The van der Waals surface area contributed by atoms with Gasteiger partial charge in [0.15, 0.2) is 0 Å². The molecular formula is C20H24O6. The smallest absolute Gasteiger partial charge is 0.309 e. The molecule has 0 aliphatic rings. The fourth-order valence-corrected chi connectivity index (χ4v) is 2.02. The Labute approximate surface area is 152 Å². The third kappa shape index (κ3) is 7.01. The van der Waals surface area contributed by atoms with Crippen molar-refractivity contribution in [3.8, 4) is 11.5 Å². The molecule has 0 radical (unpaired) electrons. The average Bonchev–Trinajstić information content (AvgIpc) is 2.62. The molecule has 0 amide bonds. The Morgan fingerprint density at radius 1 is 1.12 bits per heavy atom. The highest BCUT2D eigenvalue weighted by molar-refractivity contribution is 5.69. The number of hydrogen-bond donors (Lipinski definition) is 0. The lowest BCUT2D eigenvalue weighted by Gasteiger charge is -2.08. The fourth-order valence-electron chi connectivity index (χ4n) is 2.02. The predicted molar refractivity (Wildman–Crippen MR) is 96.3 cm³/mol. The molecular weight excluding hydrogens is 336 g/mol. The van der Waals surface area contributed by atoms with Gasteiger partial charge in [-0.1, -0.05) is 32.0 Å². The van der Waals surface area contributed by atoms with Crippen LogP contribution in [0.1, 0.15) is 32.4 Å². The van der Waals surface area contributed by atoms with E-state index in [1.165, 1.54) is 12.3 Å².